The lowest BCUT2D eigenvalue weighted by atomic mass is 10.0. The van der Waals surface area contributed by atoms with Gasteiger partial charge >= 0.3 is 0 Å². The number of hydrogen-bond acceptors (Lipinski definition) is 3. The van der Waals surface area contributed by atoms with Crippen LogP contribution in [0.1, 0.15) is 24.8 Å². The predicted octanol–water partition coefficient (Wildman–Crippen LogP) is 2.95. The third kappa shape index (κ3) is 2.71. The van der Waals surface area contributed by atoms with E-state index in [2.05, 4.69) is 5.32 Å². The fourth-order valence-electron chi connectivity index (χ4n) is 2.75. The third-order valence-corrected chi connectivity index (χ3v) is 4.34. The first kappa shape index (κ1) is 13.2. The zero-order valence-electron chi connectivity index (χ0n) is 10.6. The average molecular weight is 297 g/mol. The summed E-state index contributed by atoms with van der Waals surface area (Å²) in [6.07, 6.45) is 3.89. The van der Waals surface area contributed by atoms with Crippen molar-refractivity contribution in [2.75, 3.05) is 11.9 Å². The van der Waals surface area contributed by atoms with Crippen LogP contribution in [0.2, 0.25) is 5.02 Å². The lowest BCUT2D eigenvalue weighted by Crippen LogP contribution is -2.32. The molecule has 0 spiro atoms. The molecule has 1 aliphatic carbocycles. The Hall–Kier alpha value is -0.840. The molecule has 19 heavy (non-hydrogen) atoms. The van der Waals surface area contributed by atoms with Gasteiger partial charge in [-0.1, -0.05) is 29.9 Å². The molecule has 2 unspecified atom stereocenters. The molecule has 1 aromatic carbocycles. The van der Waals surface area contributed by atoms with Crippen molar-refractivity contribution in [2.24, 2.45) is 11.7 Å². The lowest BCUT2D eigenvalue weighted by molar-refractivity contribution is 0.0898. The number of rotatable bonds is 4. The van der Waals surface area contributed by atoms with Gasteiger partial charge in [0.05, 0.1) is 22.7 Å². The Morgan fingerprint density at radius 3 is 2.84 bits per heavy atom. The Bertz CT molecular complexity index is 504. The highest BCUT2D eigenvalue weighted by atomic mass is 35.5. The SMILES string of the molecule is NC(=S)c1c(Cl)cccc1NC1CCOC1C1CC1. The highest BCUT2D eigenvalue weighted by Crippen LogP contribution is 2.40. The minimum absolute atomic E-state index is 0.318. The number of nitrogens with two attached hydrogens (primary N) is 1. The van der Waals surface area contributed by atoms with E-state index in [0.717, 1.165) is 24.3 Å². The maximum absolute atomic E-state index is 6.18. The Morgan fingerprint density at radius 2 is 2.16 bits per heavy atom. The molecule has 0 bridgehead atoms. The van der Waals surface area contributed by atoms with Crippen LogP contribution in [-0.2, 0) is 4.74 Å². The van der Waals surface area contributed by atoms with Gasteiger partial charge in [-0.3, -0.25) is 0 Å². The Balaban J connectivity index is 1.82. The van der Waals surface area contributed by atoms with E-state index in [1.165, 1.54) is 12.8 Å². The quantitative estimate of drug-likeness (QED) is 0.839. The van der Waals surface area contributed by atoms with Crippen molar-refractivity contribution in [3.8, 4) is 0 Å². The normalized spacial score (nSPS) is 26.4. The van der Waals surface area contributed by atoms with Gasteiger partial charge in [-0.15, -0.1) is 0 Å². The molecule has 1 saturated carbocycles. The van der Waals surface area contributed by atoms with Crippen LogP contribution in [0.5, 0.6) is 0 Å². The van der Waals surface area contributed by atoms with Crippen LogP contribution in [0.3, 0.4) is 0 Å². The average Bonchev–Trinajstić information content (AvgIpc) is 3.10. The predicted molar refractivity (Wildman–Crippen MR) is 81.8 cm³/mol. The van der Waals surface area contributed by atoms with E-state index < -0.39 is 0 Å². The Morgan fingerprint density at radius 1 is 1.37 bits per heavy atom. The standard InChI is InChI=1S/C14H17ClN2OS/c15-9-2-1-3-10(12(9)14(16)19)17-11-6-7-18-13(11)8-4-5-8/h1-3,8,11,13,17H,4-7H2,(H2,16,19). The maximum Gasteiger partial charge on any atom is 0.107 e. The molecule has 0 aromatic heterocycles. The molecule has 3 rings (SSSR count). The lowest BCUT2D eigenvalue weighted by Gasteiger charge is -2.22. The summed E-state index contributed by atoms with van der Waals surface area (Å²) in [6.45, 7) is 0.821. The first-order chi connectivity index (χ1) is 9.16. The van der Waals surface area contributed by atoms with Crippen molar-refractivity contribution in [1.29, 1.82) is 0 Å². The molecular formula is C14H17ClN2OS. The van der Waals surface area contributed by atoms with E-state index in [4.69, 9.17) is 34.3 Å². The van der Waals surface area contributed by atoms with Gasteiger partial charge in [-0.2, -0.15) is 0 Å². The van der Waals surface area contributed by atoms with Crippen molar-refractivity contribution in [3.05, 3.63) is 28.8 Å². The van der Waals surface area contributed by atoms with Crippen molar-refractivity contribution >= 4 is 34.5 Å². The number of benzene rings is 1. The summed E-state index contributed by atoms with van der Waals surface area (Å²) in [6, 6.07) is 6.03. The van der Waals surface area contributed by atoms with Crippen LogP contribution in [0, 0.1) is 5.92 Å². The second kappa shape index (κ2) is 5.27. The number of thiocarbonyl (C=S) groups is 1. The monoisotopic (exact) mass is 296 g/mol. The molecule has 5 heteroatoms. The van der Waals surface area contributed by atoms with E-state index in [1.54, 1.807) is 0 Å². The fourth-order valence-corrected chi connectivity index (χ4v) is 3.30. The maximum atomic E-state index is 6.18. The van der Waals surface area contributed by atoms with Gasteiger partial charge < -0.3 is 15.8 Å². The van der Waals surface area contributed by atoms with E-state index in [9.17, 15) is 0 Å². The number of nitrogens with one attached hydrogen (secondary N) is 1. The largest absolute Gasteiger partial charge is 0.389 e. The summed E-state index contributed by atoms with van der Waals surface area (Å²) in [7, 11) is 0. The topological polar surface area (TPSA) is 47.3 Å². The van der Waals surface area contributed by atoms with Gasteiger partial charge in [0.2, 0.25) is 0 Å². The minimum atomic E-state index is 0.318. The highest BCUT2D eigenvalue weighted by molar-refractivity contribution is 7.80. The van der Waals surface area contributed by atoms with E-state index >= 15 is 0 Å². The number of ether oxygens (including phenoxy) is 1. The summed E-state index contributed by atoms with van der Waals surface area (Å²) in [5, 5.41) is 4.12. The number of halogens is 1. The van der Waals surface area contributed by atoms with Crippen LogP contribution in [0.25, 0.3) is 0 Å². The molecule has 1 heterocycles. The number of anilines is 1. The first-order valence-electron chi connectivity index (χ1n) is 6.63. The summed E-state index contributed by atoms with van der Waals surface area (Å²) in [5.74, 6) is 0.715. The van der Waals surface area contributed by atoms with Crippen LogP contribution in [-0.4, -0.2) is 23.7 Å². The number of hydrogen-bond donors (Lipinski definition) is 2. The van der Waals surface area contributed by atoms with Crippen molar-refractivity contribution in [2.45, 2.75) is 31.4 Å². The van der Waals surface area contributed by atoms with Gasteiger partial charge in [0.15, 0.2) is 0 Å². The third-order valence-electron chi connectivity index (χ3n) is 3.82. The van der Waals surface area contributed by atoms with Gasteiger partial charge in [-0.25, -0.2) is 0 Å². The molecular weight excluding hydrogens is 280 g/mol. The second-order valence-electron chi connectivity index (χ2n) is 5.24. The Kier molecular flexibility index (Phi) is 3.65. The van der Waals surface area contributed by atoms with Gasteiger partial charge in [0.25, 0.3) is 0 Å². The second-order valence-corrected chi connectivity index (χ2v) is 6.09. The molecule has 1 aromatic rings. The molecule has 2 aliphatic rings. The van der Waals surface area contributed by atoms with Gasteiger partial charge in [-0.05, 0) is 37.3 Å². The van der Waals surface area contributed by atoms with E-state index in [1.807, 2.05) is 18.2 Å². The zero-order chi connectivity index (χ0) is 13.4. The smallest absolute Gasteiger partial charge is 0.107 e. The van der Waals surface area contributed by atoms with Crippen LogP contribution < -0.4 is 11.1 Å². The Labute approximate surface area is 123 Å². The molecule has 102 valence electrons. The summed E-state index contributed by atoms with van der Waals surface area (Å²) < 4.78 is 5.83. The van der Waals surface area contributed by atoms with Crippen molar-refractivity contribution in [1.82, 2.24) is 0 Å². The van der Waals surface area contributed by atoms with E-state index in [0.29, 0.717) is 28.1 Å². The van der Waals surface area contributed by atoms with Crippen LogP contribution >= 0.6 is 23.8 Å². The van der Waals surface area contributed by atoms with Gasteiger partial charge in [0, 0.05) is 12.3 Å². The molecule has 0 radical (unpaired) electrons. The molecule has 2 atom stereocenters. The zero-order valence-corrected chi connectivity index (χ0v) is 12.1. The molecule has 1 saturated heterocycles. The van der Waals surface area contributed by atoms with E-state index in [-0.39, 0.29) is 0 Å². The van der Waals surface area contributed by atoms with Crippen molar-refractivity contribution < 1.29 is 4.74 Å². The highest BCUT2D eigenvalue weighted by Gasteiger charge is 2.40. The first-order valence-corrected chi connectivity index (χ1v) is 7.42. The molecule has 0 amide bonds. The van der Waals surface area contributed by atoms with Gasteiger partial charge in [0.1, 0.15) is 4.99 Å². The summed E-state index contributed by atoms with van der Waals surface area (Å²) in [5.41, 5.74) is 7.43. The fraction of sp³-hybridized carbons (Fsp3) is 0.500. The molecule has 3 N–H and O–H groups in total. The molecule has 3 nitrogen and oxygen atoms in total. The summed E-state index contributed by atoms with van der Waals surface area (Å²) >= 11 is 11.3. The summed E-state index contributed by atoms with van der Waals surface area (Å²) in [4.78, 5) is 0.329. The minimum Gasteiger partial charge on any atom is -0.389 e. The van der Waals surface area contributed by atoms with Crippen molar-refractivity contribution in [3.63, 3.8) is 0 Å². The van der Waals surface area contributed by atoms with Crippen LogP contribution in [0.15, 0.2) is 18.2 Å². The van der Waals surface area contributed by atoms with Crippen LogP contribution in [0.4, 0.5) is 5.69 Å². The molecule has 2 fully saturated rings. The molecule has 1 aliphatic heterocycles.